The molecule has 184 valence electrons. The highest BCUT2D eigenvalue weighted by molar-refractivity contribution is 9.10. The molecule has 1 aliphatic heterocycles. The topological polar surface area (TPSA) is 84.9 Å². The quantitative estimate of drug-likeness (QED) is 0.255. The zero-order chi connectivity index (χ0) is 25.8. The van der Waals surface area contributed by atoms with Crippen LogP contribution in [0.2, 0.25) is 0 Å². The molecule has 0 spiro atoms. The van der Waals surface area contributed by atoms with Crippen LogP contribution in [-0.2, 0) is 16.2 Å². The molecule has 0 aromatic heterocycles. The first-order valence-corrected chi connectivity index (χ1v) is 12.7. The summed E-state index contributed by atoms with van der Waals surface area (Å²) in [7, 11) is 0. The zero-order valence-electron chi connectivity index (χ0n) is 19.5. The Kier molecular flexibility index (Phi) is 7.91. The molecule has 0 atom stereocenters. The third-order valence-corrected chi connectivity index (χ3v) is 6.45. The maximum Gasteiger partial charge on any atom is 0.335 e. The lowest BCUT2D eigenvalue weighted by Crippen LogP contribution is -2.54. The molecule has 1 saturated heterocycles. The van der Waals surface area contributed by atoms with Gasteiger partial charge < -0.3 is 9.47 Å². The van der Waals surface area contributed by atoms with E-state index in [2.05, 4.69) is 37.2 Å². The molecule has 3 aromatic rings. The number of ether oxygens (including phenoxy) is 2. The fourth-order valence-corrected chi connectivity index (χ4v) is 4.40. The molecule has 0 radical (unpaired) electrons. The van der Waals surface area contributed by atoms with Crippen LogP contribution in [-0.4, -0.2) is 24.5 Å². The number of carbonyl (C=O) groups is 3. The third kappa shape index (κ3) is 5.68. The van der Waals surface area contributed by atoms with Crippen molar-refractivity contribution < 1.29 is 23.9 Å². The van der Waals surface area contributed by atoms with Gasteiger partial charge in [-0.05, 0) is 83.4 Å². The van der Waals surface area contributed by atoms with Gasteiger partial charge in [-0.2, -0.15) is 0 Å². The maximum absolute atomic E-state index is 13.2. The van der Waals surface area contributed by atoms with E-state index in [0.29, 0.717) is 40.4 Å². The van der Waals surface area contributed by atoms with Crippen LogP contribution in [0.15, 0.2) is 75.2 Å². The summed E-state index contributed by atoms with van der Waals surface area (Å²) in [6.45, 7) is 4.45. The maximum atomic E-state index is 13.2. The van der Waals surface area contributed by atoms with Crippen molar-refractivity contribution in [2.24, 2.45) is 0 Å². The van der Waals surface area contributed by atoms with Gasteiger partial charge in [0.05, 0.1) is 16.8 Å². The lowest BCUT2D eigenvalue weighted by Gasteiger charge is -2.26. The Bertz CT molecular complexity index is 1350. The number of nitrogens with one attached hydrogen (secondary N) is 1. The molecular weight excluding hydrogens is 592 g/mol. The second-order valence-electron chi connectivity index (χ2n) is 7.97. The molecular formula is C27H22Br2N2O5. The van der Waals surface area contributed by atoms with E-state index in [1.807, 2.05) is 38.1 Å². The Labute approximate surface area is 225 Å². The monoisotopic (exact) mass is 612 g/mol. The number of nitrogens with zero attached hydrogens (tertiary/aromatic N) is 1. The van der Waals surface area contributed by atoms with Crippen LogP contribution in [0.1, 0.15) is 23.6 Å². The first-order valence-electron chi connectivity index (χ1n) is 11.1. The molecule has 0 bridgehead atoms. The fourth-order valence-electron chi connectivity index (χ4n) is 3.56. The molecule has 36 heavy (non-hydrogen) atoms. The lowest BCUT2D eigenvalue weighted by atomic mass is 10.1. The third-order valence-electron chi connectivity index (χ3n) is 5.33. The number of carbonyl (C=O) groups excluding carboxylic acids is 3. The van der Waals surface area contributed by atoms with E-state index in [9.17, 15) is 14.4 Å². The van der Waals surface area contributed by atoms with Crippen molar-refractivity contribution in [2.45, 2.75) is 20.5 Å². The van der Waals surface area contributed by atoms with Crippen LogP contribution in [0.25, 0.3) is 6.08 Å². The number of benzene rings is 3. The smallest absolute Gasteiger partial charge is 0.335 e. The molecule has 3 aromatic carbocycles. The number of urea groups is 1. The number of hydrogen-bond acceptors (Lipinski definition) is 5. The second kappa shape index (κ2) is 11.1. The summed E-state index contributed by atoms with van der Waals surface area (Å²) >= 11 is 6.94. The largest absolute Gasteiger partial charge is 0.490 e. The molecule has 9 heteroatoms. The van der Waals surface area contributed by atoms with E-state index in [0.717, 1.165) is 20.5 Å². The number of rotatable bonds is 7. The number of barbiturate groups is 1. The number of halogens is 2. The van der Waals surface area contributed by atoms with E-state index >= 15 is 0 Å². The highest BCUT2D eigenvalue weighted by Crippen LogP contribution is 2.38. The van der Waals surface area contributed by atoms with E-state index in [4.69, 9.17) is 9.47 Å². The Morgan fingerprint density at radius 1 is 0.944 bits per heavy atom. The minimum absolute atomic E-state index is 0.173. The first-order chi connectivity index (χ1) is 17.3. The van der Waals surface area contributed by atoms with Crippen LogP contribution in [0.4, 0.5) is 10.5 Å². The van der Waals surface area contributed by atoms with Gasteiger partial charge in [-0.15, -0.1) is 0 Å². The van der Waals surface area contributed by atoms with E-state index in [1.165, 1.54) is 6.08 Å². The van der Waals surface area contributed by atoms with E-state index in [1.54, 1.807) is 36.4 Å². The first kappa shape index (κ1) is 25.7. The van der Waals surface area contributed by atoms with Crippen molar-refractivity contribution in [2.75, 3.05) is 11.5 Å². The average Bonchev–Trinajstić information content (AvgIpc) is 2.83. The van der Waals surface area contributed by atoms with Crippen molar-refractivity contribution in [1.29, 1.82) is 0 Å². The number of anilines is 1. The Hall–Kier alpha value is -3.43. The van der Waals surface area contributed by atoms with Crippen LogP contribution in [0.3, 0.4) is 0 Å². The Balaban J connectivity index is 1.65. The van der Waals surface area contributed by atoms with Crippen LogP contribution >= 0.6 is 31.9 Å². The van der Waals surface area contributed by atoms with Crippen molar-refractivity contribution in [3.05, 3.63) is 91.9 Å². The van der Waals surface area contributed by atoms with Gasteiger partial charge >= 0.3 is 6.03 Å². The summed E-state index contributed by atoms with van der Waals surface area (Å²) in [5, 5.41) is 2.24. The fraction of sp³-hybridized carbons (Fsp3) is 0.148. The average molecular weight is 614 g/mol. The zero-order valence-corrected chi connectivity index (χ0v) is 22.7. The molecule has 4 amide bonds. The van der Waals surface area contributed by atoms with Gasteiger partial charge in [0.25, 0.3) is 11.8 Å². The van der Waals surface area contributed by atoms with Crippen molar-refractivity contribution in [3.63, 3.8) is 0 Å². The van der Waals surface area contributed by atoms with Crippen LogP contribution < -0.4 is 19.7 Å². The predicted molar refractivity (Wildman–Crippen MR) is 144 cm³/mol. The van der Waals surface area contributed by atoms with Gasteiger partial charge in [-0.3, -0.25) is 14.9 Å². The standard InChI is InChI=1S/C27H22Br2N2O5/c1-3-35-23-14-18(13-22(29)24(23)36-15-17-6-8-19(28)9-7-17)12-21-25(32)30-27(34)31(26(21)33)20-10-4-16(2)5-11-20/h4-14H,3,15H2,1-2H3,(H,30,32,34)/b21-12+. The number of aryl methyl sites for hydroxylation is 1. The normalized spacial score (nSPS) is 14.7. The van der Waals surface area contributed by atoms with Crippen molar-refractivity contribution >= 4 is 61.5 Å². The number of amides is 4. The highest BCUT2D eigenvalue weighted by Gasteiger charge is 2.36. The number of hydrogen-bond donors (Lipinski definition) is 1. The summed E-state index contributed by atoms with van der Waals surface area (Å²) in [6.07, 6.45) is 1.43. The molecule has 1 heterocycles. The number of imide groups is 2. The van der Waals surface area contributed by atoms with Crippen molar-refractivity contribution in [3.8, 4) is 11.5 Å². The predicted octanol–water partition coefficient (Wildman–Crippen LogP) is 6.16. The van der Waals surface area contributed by atoms with E-state index in [-0.39, 0.29) is 5.57 Å². The Morgan fingerprint density at radius 3 is 2.31 bits per heavy atom. The molecule has 0 unspecified atom stereocenters. The lowest BCUT2D eigenvalue weighted by molar-refractivity contribution is -0.122. The van der Waals surface area contributed by atoms with Gasteiger partial charge in [0.15, 0.2) is 11.5 Å². The molecule has 7 nitrogen and oxygen atoms in total. The summed E-state index contributed by atoms with van der Waals surface area (Å²) < 4.78 is 13.4. The van der Waals surface area contributed by atoms with Gasteiger partial charge in [-0.1, -0.05) is 45.8 Å². The summed E-state index contributed by atoms with van der Waals surface area (Å²) in [5.74, 6) is -0.529. The van der Waals surface area contributed by atoms with Crippen LogP contribution in [0.5, 0.6) is 11.5 Å². The summed E-state index contributed by atoms with van der Waals surface area (Å²) in [5.41, 5.74) is 2.68. The SMILES string of the molecule is CCOc1cc(/C=C2\C(=O)NC(=O)N(c3ccc(C)cc3)C2=O)cc(Br)c1OCc1ccc(Br)cc1. The van der Waals surface area contributed by atoms with Crippen molar-refractivity contribution in [1.82, 2.24) is 5.32 Å². The Morgan fingerprint density at radius 2 is 1.64 bits per heavy atom. The summed E-state index contributed by atoms with van der Waals surface area (Å²) in [6, 6.07) is 17.3. The molecule has 4 rings (SSSR count). The van der Waals surface area contributed by atoms with Gasteiger partial charge in [-0.25, -0.2) is 9.69 Å². The minimum Gasteiger partial charge on any atom is -0.490 e. The molecule has 0 aliphatic carbocycles. The summed E-state index contributed by atoms with van der Waals surface area (Å²) in [4.78, 5) is 39.2. The van der Waals surface area contributed by atoms with Crippen LogP contribution in [0, 0.1) is 6.92 Å². The molecule has 1 N–H and O–H groups in total. The minimum atomic E-state index is -0.793. The van der Waals surface area contributed by atoms with Gasteiger partial charge in [0, 0.05) is 4.47 Å². The van der Waals surface area contributed by atoms with Gasteiger partial charge in [0.1, 0.15) is 12.2 Å². The second-order valence-corrected chi connectivity index (χ2v) is 9.74. The van der Waals surface area contributed by atoms with Gasteiger partial charge in [0.2, 0.25) is 0 Å². The van der Waals surface area contributed by atoms with E-state index < -0.39 is 17.8 Å². The molecule has 1 aliphatic rings. The molecule has 0 saturated carbocycles. The molecule has 1 fully saturated rings. The highest BCUT2D eigenvalue weighted by atomic mass is 79.9.